The van der Waals surface area contributed by atoms with Crippen LogP contribution in [0, 0.1) is 0 Å². The van der Waals surface area contributed by atoms with Gasteiger partial charge in [0, 0.05) is 29.8 Å². The fraction of sp³-hybridized carbons (Fsp3) is 0.312. The minimum atomic E-state index is -2.42. The van der Waals surface area contributed by atoms with E-state index in [4.69, 9.17) is 4.42 Å². The van der Waals surface area contributed by atoms with Gasteiger partial charge in [-0.15, -0.1) is 0 Å². The number of anilines is 1. The number of hydrogen-bond acceptors (Lipinski definition) is 4. The normalized spacial score (nSPS) is 16.8. The molecule has 3 rings (SSSR count). The van der Waals surface area contributed by atoms with Crippen molar-refractivity contribution in [2.75, 3.05) is 18.6 Å². The summed E-state index contributed by atoms with van der Waals surface area (Å²) in [5.41, 5.74) is 1.17. The maximum Gasteiger partial charge on any atom is 0.259 e. The van der Waals surface area contributed by atoms with Crippen molar-refractivity contribution in [2.24, 2.45) is 4.36 Å². The molecule has 0 spiro atoms. The number of furan rings is 1. The van der Waals surface area contributed by atoms with Gasteiger partial charge in [0.2, 0.25) is 0 Å². The lowest BCUT2D eigenvalue weighted by Crippen LogP contribution is -2.13. The van der Waals surface area contributed by atoms with Crippen LogP contribution in [0.1, 0.15) is 34.9 Å². The van der Waals surface area contributed by atoms with Crippen LogP contribution in [0.2, 0.25) is 0 Å². The molecule has 1 aromatic heterocycles. The molecule has 0 saturated heterocycles. The van der Waals surface area contributed by atoms with E-state index in [1.807, 2.05) is 0 Å². The number of nitrogens with zero attached hydrogens (tertiary/aromatic N) is 1. The zero-order valence-corrected chi connectivity index (χ0v) is 13.4. The van der Waals surface area contributed by atoms with Crippen molar-refractivity contribution in [2.45, 2.75) is 23.7 Å². The molecule has 1 saturated carbocycles. The minimum Gasteiger partial charge on any atom is -0.468 e. The number of amides is 1. The molecule has 1 aromatic carbocycles. The number of rotatable bonds is 4. The Morgan fingerprint density at radius 2 is 2.14 bits per heavy atom. The lowest BCUT2D eigenvalue weighted by Gasteiger charge is -2.08. The van der Waals surface area contributed by atoms with Crippen LogP contribution in [0.4, 0.5) is 5.69 Å². The van der Waals surface area contributed by atoms with Gasteiger partial charge in [-0.2, -0.15) is 0 Å². The highest BCUT2D eigenvalue weighted by Crippen LogP contribution is 2.42. The SMILES string of the molecule is CN=S(C)(=O)c1cccc(NC(=O)c2ccoc2C2CC2)c1. The topological polar surface area (TPSA) is 71.7 Å². The fourth-order valence-corrected chi connectivity index (χ4v) is 3.17. The summed E-state index contributed by atoms with van der Waals surface area (Å²) in [6.45, 7) is 0. The van der Waals surface area contributed by atoms with Gasteiger partial charge in [0.25, 0.3) is 5.91 Å². The van der Waals surface area contributed by atoms with Crippen LogP contribution in [-0.2, 0) is 9.73 Å². The van der Waals surface area contributed by atoms with Crippen LogP contribution in [0.3, 0.4) is 0 Å². The smallest absolute Gasteiger partial charge is 0.259 e. The number of nitrogens with one attached hydrogen (secondary N) is 1. The zero-order chi connectivity index (χ0) is 15.7. The van der Waals surface area contributed by atoms with E-state index < -0.39 is 9.73 Å². The molecule has 1 N–H and O–H groups in total. The number of hydrogen-bond donors (Lipinski definition) is 1. The Bertz CT molecular complexity index is 827. The van der Waals surface area contributed by atoms with Crippen molar-refractivity contribution in [3.05, 3.63) is 47.9 Å². The van der Waals surface area contributed by atoms with Crippen LogP contribution >= 0.6 is 0 Å². The Kier molecular flexibility index (Phi) is 3.78. The number of carbonyl (C=O) groups excluding carboxylic acids is 1. The fourth-order valence-electron chi connectivity index (χ4n) is 2.28. The Hall–Kier alpha value is -2.08. The first-order chi connectivity index (χ1) is 10.5. The summed E-state index contributed by atoms with van der Waals surface area (Å²) in [4.78, 5) is 13.0. The van der Waals surface area contributed by atoms with Gasteiger partial charge in [0.15, 0.2) is 0 Å². The minimum absolute atomic E-state index is 0.205. The predicted molar refractivity (Wildman–Crippen MR) is 85.8 cm³/mol. The van der Waals surface area contributed by atoms with E-state index in [1.54, 1.807) is 42.9 Å². The van der Waals surface area contributed by atoms with E-state index in [0.717, 1.165) is 18.6 Å². The largest absolute Gasteiger partial charge is 0.468 e. The van der Waals surface area contributed by atoms with E-state index in [-0.39, 0.29) is 5.91 Å². The molecule has 116 valence electrons. The van der Waals surface area contributed by atoms with Crippen LogP contribution in [0.25, 0.3) is 0 Å². The lowest BCUT2D eigenvalue weighted by molar-refractivity contribution is 0.102. The second-order valence-corrected chi connectivity index (χ2v) is 7.88. The third-order valence-electron chi connectivity index (χ3n) is 3.77. The molecule has 5 nitrogen and oxygen atoms in total. The van der Waals surface area contributed by atoms with E-state index in [2.05, 4.69) is 9.68 Å². The van der Waals surface area contributed by atoms with Gasteiger partial charge in [0.1, 0.15) is 5.76 Å². The summed E-state index contributed by atoms with van der Waals surface area (Å²) < 4.78 is 21.6. The maximum atomic E-state index is 12.4. The molecule has 1 unspecified atom stereocenters. The molecule has 1 amide bonds. The second kappa shape index (κ2) is 5.61. The maximum absolute atomic E-state index is 12.4. The molecule has 2 aromatic rings. The van der Waals surface area contributed by atoms with Gasteiger partial charge in [-0.05, 0) is 37.1 Å². The van der Waals surface area contributed by atoms with Crippen LogP contribution in [-0.4, -0.2) is 23.4 Å². The summed E-state index contributed by atoms with van der Waals surface area (Å²) in [7, 11) is -0.888. The molecule has 0 bridgehead atoms. The highest BCUT2D eigenvalue weighted by atomic mass is 32.2. The first-order valence-electron chi connectivity index (χ1n) is 7.10. The van der Waals surface area contributed by atoms with E-state index in [9.17, 15) is 9.00 Å². The van der Waals surface area contributed by atoms with Gasteiger partial charge in [-0.3, -0.25) is 4.79 Å². The highest BCUT2D eigenvalue weighted by molar-refractivity contribution is 7.93. The first kappa shape index (κ1) is 14.8. The Morgan fingerprint density at radius 3 is 2.82 bits per heavy atom. The average Bonchev–Trinajstić information content (AvgIpc) is 3.24. The molecule has 1 aliphatic carbocycles. The standard InChI is InChI=1S/C16H18N2O3S/c1-17-22(2,20)13-5-3-4-12(10-13)18-16(19)14-8-9-21-15(14)11-6-7-11/h3-5,8-11H,6-7H2,1-2H3,(H,18,19). The van der Waals surface area contributed by atoms with Gasteiger partial charge in [-0.1, -0.05) is 6.07 Å². The Balaban J connectivity index is 1.84. The predicted octanol–water partition coefficient (Wildman–Crippen LogP) is 3.50. The van der Waals surface area contributed by atoms with Gasteiger partial charge < -0.3 is 9.73 Å². The highest BCUT2D eigenvalue weighted by Gasteiger charge is 2.31. The summed E-state index contributed by atoms with van der Waals surface area (Å²) in [6, 6.07) is 8.67. The van der Waals surface area contributed by atoms with Crippen LogP contribution in [0.15, 0.2) is 50.3 Å². The molecule has 1 atom stereocenters. The Labute approximate surface area is 129 Å². The van der Waals surface area contributed by atoms with Crippen molar-refractivity contribution in [1.82, 2.24) is 0 Å². The van der Waals surface area contributed by atoms with Gasteiger partial charge >= 0.3 is 0 Å². The monoisotopic (exact) mass is 318 g/mol. The van der Waals surface area contributed by atoms with E-state index in [0.29, 0.717) is 22.1 Å². The van der Waals surface area contributed by atoms with Crippen LogP contribution in [0.5, 0.6) is 0 Å². The van der Waals surface area contributed by atoms with E-state index >= 15 is 0 Å². The van der Waals surface area contributed by atoms with Crippen LogP contribution < -0.4 is 5.32 Å². The van der Waals surface area contributed by atoms with Gasteiger partial charge in [-0.25, -0.2) is 8.57 Å². The summed E-state index contributed by atoms with van der Waals surface area (Å²) in [5, 5.41) is 2.84. The zero-order valence-electron chi connectivity index (χ0n) is 12.5. The quantitative estimate of drug-likeness (QED) is 0.938. The molecule has 1 heterocycles. The molecule has 6 heteroatoms. The summed E-state index contributed by atoms with van der Waals surface area (Å²) >= 11 is 0. The third kappa shape index (κ3) is 2.92. The summed E-state index contributed by atoms with van der Waals surface area (Å²) in [6.07, 6.45) is 5.27. The van der Waals surface area contributed by atoms with E-state index in [1.165, 1.54) is 7.05 Å². The molecule has 0 aliphatic heterocycles. The molecule has 1 aliphatic rings. The third-order valence-corrected chi connectivity index (χ3v) is 5.59. The van der Waals surface area contributed by atoms with Crippen molar-refractivity contribution >= 4 is 21.3 Å². The first-order valence-corrected chi connectivity index (χ1v) is 9.02. The summed E-state index contributed by atoms with van der Waals surface area (Å²) in [5.74, 6) is 0.927. The van der Waals surface area contributed by atoms with Crippen molar-refractivity contribution in [1.29, 1.82) is 0 Å². The van der Waals surface area contributed by atoms with Crippen molar-refractivity contribution < 1.29 is 13.4 Å². The Morgan fingerprint density at radius 1 is 1.36 bits per heavy atom. The second-order valence-electron chi connectivity index (χ2n) is 5.44. The molecule has 0 radical (unpaired) electrons. The lowest BCUT2D eigenvalue weighted by atomic mass is 10.1. The molecular formula is C16H18N2O3S. The van der Waals surface area contributed by atoms with Crippen molar-refractivity contribution in [3.63, 3.8) is 0 Å². The average molecular weight is 318 g/mol. The molecule has 22 heavy (non-hydrogen) atoms. The molecular weight excluding hydrogens is 300 g/mol. The number of carbonyl (C=O) groups is 1. The number of benzene rings is 1. The molecule has 1 fully saturated rings. The van der Waals surface area contributed by atoms with Gasteiger partial charge in [0.05, 0.1) is 21.6 Å². The van der Waals surface area contributed by atoms with Crippen molar-refractivity contribution in [3.8, 4) is 0 Å².